The summed E-state index contributed by atoms with van der Waals surface area (Å²) in [7, 11) is 2.25. The molecule has 2 heterocycles. The van der Waals surface area contributed by atoms with Crippen LogP contribution < -0.4 is 5.73 Å². The number of hydrogen-bond donors (Lipinski definition) is 1. The maximum Gasteiger partial charge on any atom is 0.0378 e. The summed E-state index contributed by atoms with van der Waals surface area (Å²) < 4.78 is 2.46. The number of hydrogen-bond acceptors (Lipinski definition) is 2. The smallest absolute Gasteiger partial charge is 0.0378 e. The van der Waals surface area contributed by atoms with Crippen LogP contribution in [0.4, 0.5) is 0 Å². The van der Waals surface area contributed by atoms with Gasteiger partial charge in [0.15, 0.2) is 0 Å². The second-order valence-corrected chi connectivity index (χ2v) is 5.65. The first-order valence-corrected chi connectivity index (χ1v) is 6.89. The Morgan fingerprint density at radius 3 is 3.00 bits per heavy atom. The molecule has 3 heteroatoms. The molecule has 3 rings (SSSR count). The lowest BCUT2D eigenvalue weighted by molar-refractivity contribution is 0.279. The van der Waals surface area contributed by atoms with Crippen LogP contribution in [-0.2, 0) is 13.0 Å². The lowest BCUT2D eigenvalue weighted by Gasteiger charge is -2.24. The maximum absolute atomic E-state index is 6.17. The van der Waals surface area contributed by atoms with Gasteiger partial charge in [0.05, 0.1) is 0 Å². The van der Waals surface area contributed by atoms with Crippen LogP contribution >= 0.6 is 0 Å². The van der Waals surface area contributed by atoms with Crippen LogP contribution in [0, 0.1) is 0 Å². The molecular weight excluding hydrogens is 210 g/mol. The first-order valence-electron chi connectivity index (χ1n) is 6.89. The molecule has 0 aromatic carbocycles. The number of nitrogens with two attached hydrogens (primary N) is 1. The fourth-order valence-electron chi connectivity index (χ4n) is 3.40. The van der Waals surface area contributed by atoms with Crippen molar-refractivity contribution in [2.75, 3.05) is 13.6 Å². The van der Waals surface area contributed by atoms with Gasteiger partial charge in [-0.25, -0.2) is 0 Å². The quantitative estimate of drug-likeness (QED) is 0.847. The predicted molar refractivity (Wildman–Crippen MR) is 70.0 cm³/mol. The largest absolute Gasteiger partial charge is 0.350 e. The van der Waals surface area contributed by atoms with Gasteiger partial charge in [-0.3, -0.25) is 0 Å². The van der Waals surface area contributed by atoms with Crippen LogP contribution in [0.25, 0.3) is 0 Å². The summed E-state index contributed by atoms with van der Waals surface area (Å²) in [6.45, 7) is 2.41. The number of likely N-dealkylation sites (tertiary alicyclic amines) is 1. The second-order valence-electron chi connectivity index (χ2n) is 5.65. The van der Waals surface area contributed by atoms with E-state index in [9.17, 15) is 0 Å². The predicted octanol–water partition coefficient (Wildman–Crippen LogP) is 1.92. The number of likely N-dealkylation sites (N-methyl/N-ethyl adjacent to an activating group) is 1. The van der Waals surface area contributed by atoms with Crippen molar-refractivity contribution in [3.63, 3.8) is 0 Å². The van der Waals surface area contributed by atoms with Crippen LogP contribution in [0.5, 0.6) is 0 Å². The van der Waals surface area contributed by atoms with Crippen LogP contribution in [-0.4, -0.2) is 29.1 Å². The zero-order valence-electron chi connectivity index (χ0n) is 10.7. The molecule has 1 fully saturated rings. The fourth-order valence-corrected chi connectivity index (χ4v) is 3.40. The van der Waals surface area contributed by atoms with Gasteiger partial charge in [0.2, 0.25) is 0 Å². The van der Waals surface area contributed by atoms with E-state index in [1.54, 1.807) is 0 Å². The highest BCUT2D eigenvalue weighted by Gasteiger charge is 2.24. The molecule has 1 saturated heterocycles. The van der Waals surface area contributed by atoms with Crippen molar-refractivity contribution in [1.82, 2.24) is 9.47 Å². The van der Waals surface area contributed by atoms with E-state index in [0.29, 0.717) is 0 Å². The van der Waals surface area contributed by atoms with Gasteiger partial charge in [-0.15, -0.1) is 0 Å². The van der Waals surface area contributed by atoms with Crippen molar-refractivity contribution in [1.29, 1.82) is 0 Å². The molecule has 0 spiro atoms. The summed E-state index contributed by atoms with van der Waals surface area (Å²) in [5, 5.41) is 0. The van der Waals surface area contributed by atoms with E-state index < -0.39 is 0 Å². The van der Waals surface area contributed by atoms with E-state index in [4.69, 9.17) is 5.73 Å². The normalized spacial score (nSPS) is 29.5. The average molecular weight is 233 g/mol. The Labute approximate surface area is 104 Å². The summed E-state index contributed by atoms with van der Waals surface area (Å²) >= 11 is 0. The molecule has 1 aliphatic heterocycles. The van der Waals surface area contributed by atoms with E-state index in [1.165, 1.54) is 43.5 Å². The van der Waals surface area contributed by atoms with Crippen molar-refractivity contribution in [3.05, 3.63) is 23.5 Å². The van der Waals surface area contributed by atoms with Gasteiger partial charge >= 0.3 is 0 Å². The Hall–Kier alpha value is -0.800. The topological polar surface area (TPSA) is 34.2 Å². The van der Waals surface area contributed by atoms with E-state index in [2.05, 4.69) is 28.8 Å². The van der Waals surface area contributed by atoms with Crippen LogP contribution in [0.3, 0.4) is 0 Å². The van der Waals surface area contributed by atoms with Gasteiger partial charge in [-0.1, -0.05) is 0 Å². The Bertz CT molecular complexity index is 396. The summed E-state index contributed by atoms with van der Waals surface area (Å²) in [5.41, 5.74) is 9.08. The third-order valence-corrected chi connectivity index (χ3v) is 4.52. The SMILES string of the molecule is CN1CCCC1Cn1ccc2c1CCCC2N. The molecule has 2 aliphatic rings. The minimum atomic E-state index is 0.279. The molecule has 0 radical (unpaired) electrons. The second kappa shape index (κ2) is 4.46. The third-order valence-electron chi connectivity index (χ3n) is 4.52. The van der Waals surface area contributed by atoms with Crippen LogP contribution in [0.1, 0.15) is 43.0 Å². The molecule has 2 N–H and O–H groups in total. The first-order chi connectivity index (χ1) is 8.25. The number of fused-ring (bicyclic) bond motifs is 1. The van der Waals surface area contributed by atoms with E-state index in [0.717, 1.165) is 19.0 Å². The first kappa shape index (κ1) is 11.3. The highest BCUT2D eigenvalue weighted by atomic mass is 15.2. The minimum Gasteiger partial charge on any atom is -0.350 e. The molecule has 1 aromatic rings. The minimum absolute atomic E-state index is 0.279. The standard InChI is InChI=1S/C14H23N3/c1-16-8-3-4-11(16)10-17-9-7-12-13(15)5-2-6-14(12)17/h7,9,11,13H,2-6,8,10,15H2,1H3. The number of aromatic nitrogens is 1. The molecule has 1 aliphatic carbocycles. The van der Waals surface area contributed by atoms with Gasteiger partial charge in [-0.2, -0.15) is 0 Å². The fraction of sp³-hybridized carbons (Fsp3) is 0.714. The van der Waals surface area contributed by atoms with Crippen molar-refractivity contribution >= 4 is 0 Å². The molecule has 1 aromatic heterocycles. The monoisotopic (exact) mass is 233 g/mol. The summed E-state index contributed by atoms with van der Waals surface area (Å²) in [5.74, 6) is 0. The van der Waals surface area contributed by atoms with E-state index in [1.807, 2.05) is 0 Å². The van der Waals surface area contributed by atoms with Gasteiger partial charge in [-0.05, 0) is 57.3 Å². The van der Waals surface area contributed by atoms with Crippen LogP contribution in [0.2, 0.25) is 0 Å². The molecule has 0 saturated carbocycles. The highest BCUT2D eigenvalue weighted by molar-refractivity contribution is 5.28. The Morgan fingerprint density at radius 2 is 2.24 bits per heavy atom. The van der Waals surface area contributed by atoms with Gasteiger partial charge in [0.1, 0.15) is 0 Å². The molecular formula is C14H23N3. The van der Waals surface area contributed by atoms with E-state index in [-0.39, 0.29) is 6.04 Å². The zero-order valence-corrected chi connectivity index (χ0v) is 10.7. The molecule has 2 unspecified atom stereocenters. The summed E-state index contributed by atoms with van der Waals surface area (Å²) in [6.07, 6.45) is 8.56. The summed E-state index contributed by atoms with van der Waals surface area (Å²) in [4.78, 5) is 2.50. The molecule has 0 bridgehead atoms. The lowest BCUT2D eigenvalue weighted by Crippen LogP contribution is -2.30. The van der Waals surface area contributed by atoms with Gasteiger partial charge < -0.3 is 15.2 Å². The third kappa shape index (κ3) is 2.02. The molecule has 17 heavy (non-hydrogen) atoms. The molecule has 0 amide bonds. The Morgan fingerprint density at radius 1 is 1.35 bits per heavy atom. The van der Waals surface area contributed by atoms with Crippen molar-refractivity contribution in [2.45, 2.75) is 50.7 Å². The highest BCUT2D eigenvalue weighted by Crippen LogP contribution is 2.29. The van der Waals surface area contributed by atoms with Gasteiger partial charge in [0, 0.05) is 30.5 Å². The van der Waals surface area contributed by atoms with Crippen molar-refractivity contribution in [2.24, 2.45) is 5.73 Å². The zero-order chi connectivity index (χ0) is 11.8. The lowest BCUT2D eigenvalue weighted by atomic mass is 9.93. The van der Waals surface area contributed by atoms with Gasteiger partial charge in [0.25, 0.3) is 0 Å². The Balaban J connectivity index is 1.79. The van der Waals surface area contributed by atoms with Crippen LogP contribution in [0.15, 0.2) is 12.3 Å². The summed E-state index contributed by atoms with van der Waals surface area (Å²) in [6, 6.07) is 3.25. The number of rotatable bonds is 2. The molecule has 2 atom stereocenters. The number of nitrogens with zero attached hydrogens (tertiary/aromatic N) is 2. The average Bonchev–Trinajstić information content (AvgIpc) is 2.89. The Kier molecular flexibility index (Phi) is 2.97. The van der Waals surface area contributed by atoms with Crippen molar-refractivity contribution < 1.29 is 0 Å². The van der Waals surface area contributed by atoms with E-state index >= 15 is 0 Å². The molecule has 94 valence electrons. The maximum atomic E-state index is 6.17. The molecule has 3 nitrogen and oxygen atoms in total. The van der Waals surface area contributed by atoms with Crippen molar-refractivity contribution in [3.8, 4) is 0 Å².